The van der Waals surface area contributed by atoms with Gasteiger partial charge in [-0.3, -0.25) is 9.59 Å². The number of benzene rings is 3. The number of carbonyl (C=O) groups is 4. The number of ether oxygens (including phenoxy) is 1. The van der Waals surface area contributed by atoms with Gasteiger partial charge in [0.1, 0.15) is 17.7 Å². The minimum Gasteiger partial charge on any atom is -0.449 e. The molecule has 7 N–H and O–H groups in total. The molecule has 0 spiro atoms. The summed E-state index contributed by atoms with van der Waals surface area (Å²) < 4.78 is 5.70. The number of hydrogen-bond donors (Lipinski definition) is 5. The van der Waals surface area contributed by atoms with Gasteiger partial charge in [0.05, 0.1) is 12.1 Å². The molecule has 3 aromatic carbocycles. The van der Waals surface area contributed by atoms with E-state index in [-0.39, 0.29) is 49.7 Å². The van der Waals surface area contributed by atoms with Crippen LogP contribution in [0.4, 0.5) is 9.59 Å². The summed E-state index contributed by atoms with van der Waals surface area (Å²) in [6, 6.07) is 21.0. The molecule has 12 heteroatoms. The molecule has 3 atom stereocenters. The molecule has 262 valence electrons. The van der Waals surface area contributed by atoms with Crippen LogP contribution in [0, 0.1) is 5.92 Å². The average molecular weight is 697 g/mol. The maximum atomic E-state index is 13.6. The van der Waals surface area contributed by atoms with Crippen molar-refractivity contribution in [3.63, 3.8) is 0 Å². The van der Waals surface area contributed by atoms with E-state index in [4.69, 9.17) is 16.2 Å². The van der Waals surface area contributed by atoms with Gasteiger partial charge in [-0.1, -0.05) is 86.6 Å². The molecule has 1 aliphatic rings. The first kappa shape index (κ1) is 36.2. The lowest BCUT2D eigenvalue weighted by molar-refractivity contribution is -0.129. The maximum absolute atomic E-state index is 13.6. The van der Waals surface area contributed by atoms with Gasteiger partial charge < -0.3 is 32.2 Å². The molecule has 1 heterocycles. The zero-order valence-electron chi connectivity index (χ0n) is 28.3. The number of nitrogens with two attached hydrogens (primary N) is 2. The normalized spacial score (nSPS) is 13.8. The third-order valence-electron chi connectivity index (χ3n) is 8.87. The topological polar surface area (TPSA) is 179 Å². The zero-order valence-corrected chi connectivity index (χ0v) is 29.1. The molecule has 0 saturated carbocycles. The predicted octanol–water partition coefficient (Wildman–Crippen LogP) is 4.99. The van der Waals surface area contributed by atoms with E-state index in [2.05, 4.69) is 33.1 Å². The number of nitrogens with zero attached hydrogens (tertiary/aromatic N) is 1. The van der Waals surface area contributed by atoms with Crippen molar-refractivity contribution in [3.8, 4) is 11.1 Å². The molecule has 0 aliphatic heterocycles. The summed E-state index contributed by atoms with van der Waals surface area (Å²) in [6.07, 6.45) is 2.37. The molecule has 0 radical (unpaired) electrons. The Hall–Kier alpha value is -5.07. The van der Waals surface area contributed by atoms with Crippen molar-refractivity contribution in [1.29, 1.82) is 0 Å². The summed E-state index contributed by atoms with van der Waals surface area (Å²) in [5.41, 5.74) is 17.7. The lowest BCUT2D eigenvalue weighted by atomic mass is 9.97. The van der Waals surface area contributed by atoms with Crippen LogP contribution in [0.3, 0.4) is 0 Å². The molecule has 0 bridgehead atoms. The van der Waals surface area contributed by atoms with Gasteiger partial charge in [0.15, 0.2) is 5.78 Å². The van der Waals surface area contributed by atoms with Crippen LogP contribution in [0.2, 0.25) is 0 Å². The van der Waals surface area contributed by atoms with E-state index in [9.17, 15) is 19.2 Å². The molecule has 4 amide bonds. The minimum atomic E-state index is -0.953. The van der Waals surface area contributed by atoms with Crippen molar-refractivity contribution < 1.29 is 23.9 Å². The number of carbonyl (C=O) groups excluding carboxylic acids is 4. The summed E-state index contributed by atoms with van der Waals surface area (Å²) >= 11 is 1.51. The summed E-state index contributed by atoms with van der Waals surface area (Å²) in [7, 11) is 0. The standard InChI is InChI=1S/C38H44N6O5S/c1-23(2)34(44-38(48)49-22-30-28-10-5-3-8-26(28)27-9-4-6-11-29(27)30)35(46)43-32(12-7-17-42-37(40)47)33(45)21-25-15-13-24(14-16-25)20-31(39)36-41-18-19-50-36/h3-6,8-11,13-16,18-19,23,30-32,34H,7,12,17,20-22,39H2,1-2H3,(H,43,46)(H,44,48)(H3,40,42,47)/t31-,32-,34-/m0/s1. The highest BCUT2D eigenvalue weighted by atomic mass is 32.1. The van der Waals surface area contributed by atoms with Crippen LogP contribution in [-0.4, -0.2) is 54.0 Å². The Balaban J connectivity index is 1.20. The number of urea groups is 1. The Kier molecular flexibility index (Phi) is 12.3. The third kappa shape index (κ3) is 9.33. The fourth-order valence-corrected chi connectivity index (χ4v) is 6.91. The monoisotopic (exact) mass is 696 g/mol. The highest BCUT2D eigenvalue weighted by Gasteiger charge is 2.32. The first-order valence-corrected chi connectivity index (χ1v) is 17.7. The fourth-order valence-electron chi connectivity index (χ4n) is 6.27. The molecular formula is C38H44N6O5S. The number of amides is 4. The van der Waals surface area contributed by atoms with Crippen molar-refractivity contribution in [1.82, 2.24) is 20.9 Å². The lowest BCUT2D eigenvalue weighted by Gasteiger charge is -2.25. The first-order chi connectivity index (χ1) is 24.1. The number of ketones is 1. The smallest absolute Gasteiger partial charge is 0.407 e. The second-order valence-corrected chi connectivity index (χ2v) is 13.8. The second kappa shape index (κ2) is 17.0. The quantitative estimate of drug-likeness (QED) is 0.102. The van der Waals surface area contributed by atoms with Crippen molar-refractivity contribution in [2.75, 3.05) is 13.2 Å². The SMILES string of the molecule is CC(C)[C@H](NC(=O)OCC1c2ccccc2-c2ccccc21)C(=O)N[C@@H](CCCNC(N)=O)C(=O)Cc1ccc(C[C@H](N)c2nccs2)cc1. The van der Waals surface area contributed by atoms with E-state index >= 15 is 0 Å². The van der Waals surface area contributed by atoms with Crippen molar-refractivity contribution in [2.24, 2.45) is 17.4 Å². The van der Waals surface area contributed by atoms with Gasteiger partial charge in [-0.05, 0) is 58.6 Å². The summed E-state index contributed by atoms with van der Waals surface area (Å²) in [6.45, 7) is 3.97. The van der Waals surface area contributed by atoms with Crippen molar-refractivity contribution in [2.45, 2.75) is 63.6 Å². The molecule has 50 heavy (non-hydrogen) atoms. The fraction of sp³-hybridized carbons (Fsp3) is 0.342. The van der Waals surface area contributed by atoms with E-state index in [1.54, 1.807) is 6.20 Å². The number of hydrogen-bond acceptors (Lipinski definition) is 8. The van der Waals surface area contributed by atoms with Crippen LogP contribution in [0.1, 0.15) is 65.9 Å². The van der Waals surface area contributed by atoms with Crippen LogP contribution < -0.4 is 27.4 Å². The predicted molar refractivity (Wildman–Crippen MR) is 193 cm³/mol. The first-order valence-electron chi connectivity index (χ1n) is 16.8. The van der Waals surface area contributed by atoms with E-state index in [1.165, 1.54) is 11.3 Å². The van der Waals surface area contributed by atoms with Gasteiger partial charge in [-0.2, -0.15) is 0 Å². The van der Waals surface area contributed by atoms with Crippen molar-refractivity contribution >= 4 is 35.2 Å². The maximum Gasteiger partial charge on any atom is 0.407 e. The number of rotatable bonds is 16. The molecule has 0 unspecified atom stereocenters. The summed E-state index contributed by atoms with van der Waals surface area (Å²) in [4.78, 5) is 55.8. The Morgan fingerprint density at radius 1 is 0.900 bits per heavy atom. The number of thiazole rings is 1. The van der Waals surface area contributed by atoms with E-state index in [1.807, 2.05) is 79.9 Å². The van der Waals surface area contributed by atoms with Crippen molar-refractivity contribution in [3.05, 3.63) is 112 Å². The van der Waals surface area contributed by atoms with Gasteiger partial charge >= 0.3 is 12.1 Å². The van der Waals surface area contributed by atoms with Crippen LogP contribution >= 0.6 is 11.3 Å². The molecular weight excluding hydrogens is 653 g/mol. The van der Waals surface area contributed by atoms with E-state index in [0.29, 0.717) is 12.8 Å². The Morgan fingerprint density at radius 2 is 1.54 bits per heavy atom. The molecule has 0 fully saturated rings. The molecule has 4 aromatic rings. The summed E-state index contributed by atoms with van der Waals surface area (Å²) in [5.74, 6) is -1.13. The third-order valence-corrected chi connectivity index (χ3v) is 9.77. The average Bonchev–Trinajstić information content (AvgIpc) is 3.75. The number of fused-ring (bicyclic) bond motifs is 3. The highest BCUT2D eigenvalue weighted by Crippen LogP contribution is 2.44. The van der Waals surface area contributed by atoms with Gasteiger partial charge in [-0.15, -0.1) is 11.3 Å². The summed E-state index contributed by atoms with van der Waals surface area (Å²) in [5, 5.41) is 10.9. The molecule has 0 saturated heterocycles. The number of primary amides is 1. The molecule has 1 aliphatic carbocycles. The Morgan fingerprint density at radius 3 is 2.14 bits per heavy atom. The number of nitrogens with one attached hydrogen (secondary N) is 3. The Labute approximate surface area is 296 Å². The zero-order chi connectivity index (χ0) is 35.6. The largest absolute Gasteiger partial charge is 0.449 e. The van der Waals surface area contributed by atoms with Gasteiger partial charge in [0.2, 0.25) is 5.91 Å². The van der Waals surface area contributed by atoms with E-state index < -0.39 is 30.1 Å². The van der Waals surface area contributed by atoms with Crippen LogP contribution in [0.15, 0.2) is 84.4 Å². The number of aromatic nitrogens is 1. The van der Waals surface area contributed by atoms with Gasteiger partial charge in [-0.25, -0.2) is 14.6 Å². The minimum absolute atomic E-state index is 0.0825. The van der Waals surface area contributed by atoms with Crippen LogP contribution in [0.5, 0.6) is 0 Å². The lowest BCUT2D eigenvalue weighted by Crippen LogP contribution is -2.54. The Bertz CT molecular complexity index is 1730. The van der Waals surface area contributed by atoms with Crippen LogP contribution in [-0.2, 0) is 27.2 Å². The van der Waals surface area contributed by atoms with Crippen LogP contribution in [0.25, 0.3) is 11.1 Å². The molecule has 5 rings (SSSR count). The number of Topliss-reactive ketones (excluding diaryl/α,β-unsaturated/α-hetero) is 1. The number of alkyl carbamates (subject to hydrolysis) is 1. The van der Waals surface area contributed by atoms with Gasteiger partial charge in [0, 0.05) is 30.5 Å². The second-order valence-electron chi connectivity index (χ2n) is 12.8. The molecule has 1 aromatic heterocycles. The highest BCUT2D eigenvalue weighted by molar-refractivity contribution is 7.09. The van der Waals surface area contributed by atoms with E-state index in [0.717, 1.165) is 38.4 Å². The molecule has 11 nitrogen and oxygen atoms in total. The van der Waals surface area contributed by atoms with Gasteiger partial charge in [0.25, 0.3) is 0 Å².